The SMILES string of the molecule is CC1OCCC1(C)NS(=O)(=O)c1cc(CO)ccc1Br. The summed E-state index contributed by atoms with van der Waals surface area (Å²) in [5.41, 5.74) is -0.0672. The van der Waals surface area contributed by atoms with E-state index < -0.39 is 15.6 Å². The fraction of sp³-hybridized carbons (Fsp3) is 0.538. The summed E-state index contributed by atoms with van der Waals surface area (Å²) in [5.74, 6) is 0. The first-order valence-electron chi connectivity index (χ1n) is 6.33. The highest BCUT2D eigenvalue weighted by Gasteiger charge is 2.41. The van der Waals surface area contributed by atoms with Crippen LogP contribution in [0.25, 0.3) is 0 Å². The topological polar surface area (TPSA) is 75.6 Å². The first-order valence-corrected chi connectivity index (χ1v) is 8.61. The molecule has 2 N–H and O–H groups in total. The van der Waals surface area contributed by atoms with Crippen molar-refractivity contribution in [1.29, 1.82) is 0 Å². The van der Waals surface area contributed by atoms with Crippen molar-refractivity contribution in [2.24, 2.45) is 0 Å². The van der Waals surface area contributed by atoms with E-state index in [9.17, 15) is 8.42 Å². The summed E-state index contributed by atoms with van der Waals surface area (Å²) in [6, 6.07) is 4.76. The number of ether oxygens (including phenoxy) is 1. The molecule has 0 radical (unpaired) electrons. The zero-order chi connectivity index (χ0) is 15.0. The molecule has 1 heterocycles. The Hall–Kier alpha value is -0.470. The smallest absolute Gasteiger partial charge is 0.242 e. The Labute approximate surface area is 127 Å². The molecule has 7 heteroatoms. The molecule has 0 saturated carbocycles. The van der Waals surface area contributed by atoms with Crippen LogP contribution in [0.3, 0.4) is 0 Å². The minimum Gasteiger partial charge on any atom is -0.392 e. The van der Waals surface area contributed by atoms with Gasteiger partial charge in [-0.15, -0.1) is 0 Å². The highest BCUT2D eigenvalue weighted by molar-refractivity contribution is 9.10. The number of hydrogen-bond acceptors (Lipinski definition) is 4. The first kappa shape index (κ1) is 15.9. The van der Waals surface area contributed by atoms with Crippen molar-refractivity contribution in [2.75, 3.05) is 6.61 Å². The van der Waals surface area contributed by atoms with Crippen molar-refractivity contribution in [1.82, 2.24) is 4.72 Å². The Kier molecular flexibility index (Phi) is 4.56. The number of aliphatic hydroxyl groups excluding tert-OH is 1. The third kappa shape index (κ3) is 3.07. The summed E-state index contributed by atoms with van der Waals surface area (Å²) in [4.78, 5) is 0.129. The van der Waals surface area contributed by atoms with Crippen molar-refractivity contribution in [3.05, 3.63) is 28.2 Å². The normalized spacial score (nSPS) is 26.9. The van der Waals surface area contributed by atoms with Crippen LogP contribution >= 0.6 is 15.9 Å². The Morgan fingerprint density at radius 2 is 2.25 bits per heavy atom. The van der Waals surface area contributed by atoms with Crippen LogP contribution in [0.1, 0.15) is 25.8 Å². The summed E-state index contributed by atoms with van der Waals surface area (Å²) in [7, 11) is -3.69. The maximum atomic E-state index is 12.5. The van der Waals surface area contributed by atoms with Gasteiger partial charge in [0.15, 0.2) is 0 Å². The molecule has 2 atom stereocenters. The molecule has 2 unspecified atom stereocenters. The third-order valence-electron chi connectivity index (χ3n) is 3.72. The maximum Gasteiger partial charge on any atom is 0.242 e. The summed E-state index contributed by atoms with van der Waals surface area (Å²) < 4.78 is 33.7. The summed E-state index contributed by atoms with van der Waals surface area (Å²) in [6.45, 7) is 4.03. The lowest BCUT2D eigenvalue weighted by molar-refractivity contribution is 0.0957. The number of rotatable bonds is 4. The van der Waals surface area contributed by atoms with Gasteiger partial charge < -0.3 is 9.84 Å². The molecule has 0 aliphatic carbocycles. The van der Waals surface area contributed by atoms with Crippen molar-refractivity contribution in [2.45, 2.75) is 43.4 Å². The number of hydrogen-bond donors (Lipinski definition) is 2. The Morgan fingerprint density at radius 1 is 1.55 bits per heavy atom. The quantitative estimate of drug-likeness (QED) is 0.854. The van der Waals surface area contributed by atoms with Gasteiger partial charge in [0.1, 0.15) is 0 Å². The molecule has 0 amide bonds. The second kappa shape index (κ2) is 5.73. The molecular weight excluding hydrogens is 346 g/mol. The Balaban J connectivity index is 2.36. The van der Waals surface area contributed by atoms with E-state index in [1.807, 2.05) is 13.8 Å². The van der Waals surface area contributed by atoms with Gasteiger partial charge in [-0.1, -0.05) is 6.07 Å². The van der Waals surface area contributed by atoms with Gasteiger partial charge in [0.25, 0.3) is 0 Å². The average molecular weight is 364 g/mol. The van der Waals surface area contributed by atoms with E-state index in [1.165, 1.54) is 6.07 Å². The van der Waals surface area contributed by atoms with Crippen LogP contribution in [0.2, 0.25) is 0 Å². The van der Waals surface area contributed by atoms with Gasteiger partial charge >= 0.3 is 0 Å². The zero-order valence-corrected chi connectivity index (χ0v) is 13.8. The van der Waals surface area contributed by atoms with Gasteiger partial charge in [-0.3, -0.25) is 0 Å². The Morgan fingerprint density at radius 3 is 2.80 bits per heavy atom. The standard InChI is InChI=1S/C13H18BrNO4S/c1-9-13(2,5-6-19-9)15-20(17,18)12-7-10(8-16)3-4-11(12)14/h3-4,7,9,15-16H,5-6,8H2,1-2H3. The molecule has 1 aliphatic rings. The van der Waals surface area contributed by atoms with Crippen molar-refractivity contribution in [3.8, 4) is 0 Å². The van der Waals surface area contributed by atoms with Crippen molar-refractivity contribution < 1.29 is 18.3 Å². The Bertz CT molecular complexity index is 604. The van der Waals surface area contributed by atoms with Gasteiger partial charge in [0, 0.05) is 11.1 Å². The van der Waals surface area contributed by atoms with E-state index in [0.717, 1.165) is 0 Å². The molecule has 1 saturated heterocycles. The molecule has 0 aromatic heterocycles. The predicted molar refractivity (Wildman–Crippen MR) is 78.8 cm³/mol. The van der Waals surface area contributed by atoms with Crippen molar-refractivity contribution in [3.63, 3.8) is 0 Å². The van der Waals surface area contributed by atoms with Crippen LogP contribution in [0.15, 0.2) is 27.6 Å². The second-order valence-corrected chi connectivity index (χ2v) is 7.71. The lowest BCUT2D eigenvalue weighted by Gasteiger charge is -2.28. The molecule has 5 nitrogen and oxygen atoms in total. The monoisotopic (exact) mass is 363 g/mol. The zero-order valence-electron chi connectivity index (χ0n) is 11.4. The van der Waals surface area contributed by atoms with Crippen LogP contribution in [-0.2, 0) is 21.4 Å². The molecule has 1 aromatic rings. The van der Waals surface area contributed by atoms with Gasteiger partial charge in [0.05, 0.1) is 23.1 Å². The van der Waals surface area contributed by atoms with Gasteiger partial charge in [-0.2, -0.15) is 0 Å². The largest absolute Gasteiger partial charge is 0.392 e. The molecular formula is C13H18BrNO4S. The number of aliphatic hydroxyl groups is 1. The van der Waals surface area contributed by atoms with E-state index in [4.69, 9.17) is 9.84 Å². The molecule has 112 valence electrons. The fourth-order valence-electron chi connectivity index (χ4n) is 2.18. The van der Waals surface area contributed by atoms with E-state index in [2.05, 4.69) is 20.7 Å². The first-order chi connectivity index (χ1) is 9.28. The number of sulfonamides is 1. The van der Waals surface area contributed by atoms with E-state index in [0.29, 0.717) is 23.1 Å². The minimum absolute atomic E-state index is 0.129. The van der Waals surface area contributed by atoms with Gasteiger partial charge in [-0.05, 0) is 53.9 Å². The molecule has 20 heavy (non-hydrogen) atoms. The van der Waals surface area contributed by atoms with Crippen LogP contribution in [0.4, 0.5) is 0 Å². The molecule has 0 spiro atoms. The summed E-state index contributed by atoms with van der Waals surface area (Å²) >= 11 is 3.25. The highest BCUT2D eigenvalue weighted by atomic mass is 79.9. The summed E-state index contributed by atoms with van der Waals surface area (Å²) in [6.07, 6.45) is 0.446. The maximum absolute atomic E-state index is 12.5. The fourth-order valence-corrected chi connectivity index (χ4v) is 4.69. The van der Waals surface area contributed by atoms with E-state index in [-0.39, 0.29) is 17.6 Å². The van der Waals surface area contributed by atoms with Crippen LogP contribution in [0, 0.1) is 0 Å². The number of benzene rings is 1. The predicted octanol–water partition coefficient (Wildman–Crippen LogP) is 1.79. The second-order valence-electron chi connectivity index (χ2n) is 5.21. The molecule has 2 rings (SSSR count). The average Bonchev–Trinajstić information content (AvgIpc) is 2.68. The minimum atomic E-state index is -3.69. The molecule has 1 aromatic carbocycles. The van der Waals surface area contributed by atoms with Gasteiger partial charge in [0.2, 0.25) is 10.0 Å². The van der Waals surface area contributed by atoms with E-state index >= 15 is 0 Å². The third-order valence-corrected chi connectivity index (χ3v) is 6.33. The molecule has 0 bridgehead atoms. The van der Waals surface area contributed by atoms with E-state index in [1.54, 1.807) is 12.1 Å². The van der Waals surface area contributed by atoms with Crippen LogP contribution in [-0.4, -0.2) is 31.8 Å². The van der Waals surface area contributed by atoms with Crippen LogP contribution in [0.5, 0.6) is 0 Å². The number of nitrogens with one attached hydrogen (secondary N) is 1. The molecule has 1 fully saturated rings. The summed E-state index contributed by atoms with van der Waals surface area (Å²) in [5, 5.41) is 9.15. The van der Waals surface area contributed by atoms with Gasteiger partial charge in [-0.25, -0.2) is 13.1 Å². The lowest BCUT2D eigenvalue weighted by atomic mass is 9.97. The van der Waals surface area contributed by atoms with Crippen LogP contribution < -0.4 is 4.72 Å². The highest BCUT2D eigenvalue weighted by Crippen LogP contribution is 2.30. The van der Waals surface area contributed by atoms with Crippen molar-refractivity contribution >= 4 is 26.0 Å². The lowest BCUT2D eigenvalue weighted by Crippen LogP contribution is -2.50. The molecule has 1 aliphatic heterocycles. The number of halogens is 1.